The minimum atomic E-state index is -1.43. The van der Waals surface area contributed by atoms with E-state index >= 15 is 4.79 Å². The van der Waals surface area contributed by atoms with Gasteiger partial charge in [-0.2, -0.15) is 0 Å². The molecule has 4 aromatic rings. The highest BCUT2D eigenvalue weighted by atomic mass is 127. The molecule has 1 N–H and O–H groups in total. The Morgan fingerprint density at radius 3 is 2.30 bits per heavy atom. The van der Waals surface area contributed by atoms with E-state index in [1.54, 1.807) is 48.5 Å². The number of imide groups is 2. The second-order valence-corrected chi connectivity index (χ2v) is 14.2. The lowest BCUT2D eigenvalue weighted by molar-refractivity contribution is -0.127. The van der Waals surface area contributed by atoms with E-state index in [1.807, 2.05) is 48.5 Å². The summed E-state index contributed by atoms with van der Waals surface area (Å²) in [5.41, 5.74) is 0.890. The number of benzene rings is 3. The van der Waals surface area contributed by atoms with Crippen molar-refractivity contribution in [2.45, 2.75) is 30.8 Å². The van der Waals surface area contributed by atoms with Gasteiger partial charge >= 0.3 is 0 Å². The molecule has 6 atom stereocenters. The smallest absolute Gasteiger partial charge is 0.246 e. The van der Waals surface area contributed by atoms with E-state index in [0.717, 1.165) is 9.14 Å². The third kappa shape index (κ3) is 4.36. The first-order valence-corrected chi connectivity index (χ1v) is 16.9. The van der Waals surface area contributed by atoms with Crippen molar-refractivity contribution < 1.29 is 28.7 Å². The molecule has 8 nitrogen and oxygen atoms in total. The normalized spacial score (nSPS) is 28.3. The molecule has 8 rings (SSSR count). The van der Waals surface area contributed by atoms with Gasteiger partial charge in [0, 0.05) is 8.59 Å². The number of furan rings is 1. The van der Waals surface area contributed by atoms with Crippen LogP contribution in [-0.2, 0) is 31.2 Å². The van der Waals surface area contributed by atoms with Gasteiger partial charge in [0.1, 0.15) is 23.5 Å². The number of fused-ring (bicyclic) bond motifs is 4. The first-order chi connectivity index (χ1) is 22.7. The quantitative estimate of drug-likeness (QED) is 0.144. The summed E-state index contributed by atoms with van der Waals surface area (Å²) in [6, 6.07) is 26.6. The van der Waals surface area contributed by atoms with E-state index < -0.39 is 46.8 Å². The molecule has 0 radical (unpaired) electrons. The van der Waals surface area contributed by atoms with Gasteiger partial charge in [0.15, 0.2) is 0 Å². The Kier molecular flexibility index (Phi) is 7.27. The molecule has 6 unspecified atom stereocenters. The maximum absolute atomic E-state index is 15.1. The summed E-state index contributed by atoms with van der Waals surface area (Å²) < 4.78 is 7.20. The van der Waals surface area contributed by atoms with Crippen molar-refractivity contribution in [2.24, 2.45) is 23.7 Å². The Balaban J connectivity index is 1.34. The van der Waals surface area contributed by atoms with Crippen molar-refractivity contribution in [3.05, 3.63) is 128 Å². The third-order valence-electron chi connectivity index (χ3n) is 10.4. The predicted octanol–water partition coefficient (Wildman–Crippen LogP) is 6.40. The van der Waals surface area contributed by atoms with Crippen LogP contribution in [0.25, 0.3) is 0 Å². The highest BCUT2D eigenvalue weighted by Gasteiger charge is 2.71. The fourth-order valence-electron chi connectivity index (χ4n) is 8.53. The van der Waals surface area contributed by atoms with E-state index in [1.165, 1.54) is 9.80 Å². The van der Waals surface area contributed by atoms with E-state index in [4.69, 9.17) is 16.0 Å². The number of hydrogen-bond acceptors (Lipinski definition) is 6. The van der Waals surface area contributed by atoms with E-state index in [-0.39, 0.29) is 24.8 Å². The zero-order chi connectivity index (χ0) is 32.6. The number of rotatable bonds is 5. The Bertz CT molecular complexity index is 1990. The lowest BCUT2D eigenvalue weighted by Crippen LogP contribution is -2.53. The Morgan fingerprint density at radius 1 is 0.830 bits per heavy atom. The molecular formula is C37H28ClIN2O6. The molecular weight excluding hydrogens is 731 g/mol. The van der Waals surface area contributed by atoms with Crippen LogP contribution >= 0.6 is 34.2 Å². The minimum Gasteiger partial charge on any atom is -0.463 e. The Morgan fingerprint density at radius 2 is 1.60 bits per heavy atom. The van der Waals surface area contributed by atoms with Crippen LogP contribution in [0.15, 0.2) is 107 Å². The van der Waals surface area contributed by atoms with E-state index in [2.05, 4.69) is 22.6 Å². The summed E-state index contributed by atoms with van der Waals surface area (Å²) in [6.45, 7) is -0.346. The molecule has 2 aliphatic carbocycles. The number of halogens is 2. The number of aliphatic hydroxyl groups is 1. The van der Waals surface area contributed by atoms with Gasteiger partial charge in [-0.15, -0.1) is 0 Å². The minimum absolute atomic E-state index is 0.188. The van der Waals surface area contributed by atoms with Crippen LogP contribution in [0, 0.1) is 27.2 Å². The number of anilines is 2. The number of carbonyl (C=O) groups is 4. The maximum Gasteiger partial charge on any atom is 0.246 e. The van der Waals surface area contributed by atoms with Gasteiger partial charge in [0.05, 0.1) is 35.0 Å². The molecule has 3 fully saturated rings. The van der Waals surface area contributed by atoms with Crippen LogP contribution in [0.3, 0.4) is 0 Å². The van der Waals surface area contributed by atoms with Crippen LogP contribution in [0.5, 0.6) is 0 Å². The van der Waals surface area contributed by atoms with Crippen LogP contribution in [0.2, 0.25) is 5.02 Å². The largest absolute Gasteiger partial charge is 0.463 e. The van der Waals surface area contributed by atoms with Crippen LogP contribution in [0.4, 0.5) is 11.4 Å². The molecule has 0 bridgehead atoms. The number of amides is 4. The summed E-state index contributed by atoms with van der Waals surface area (Å²) in [5.74, 6) is -4.14. The number of carbonyl (C=O) groups excluding carboxylic acids is 4. The van der Waals surface area contributed by atoms with Gasteiger partial charge in [-0.25, -0.2) is 4.90 Å². The summed E-state index contributed by atoms with van der Waals surface area (Å²) in [5, 5.41) is 10.3. The first kappa shape index (κ1) is 30.3. The van der Waals surface area contributed by atoms with E-state index in [9.17, 15) is 19.5 Å². The van der Waals surface area contributed by atoms with Crippen LogP contribution in [-0.4, -0.2) is 28.7 Å². The second kappa shape index (κ2) is 11.3. The Labute approximate surface area is 289 Å². The van der Waals surface area contributed by atoms with Gasteiger partial charge in [-0.3, -0.25) is 24.1 Å². The SMILES string of the molecule is O=C1C2CC=C3C(CC4C(=O)N(c5cccc(Cl)c5)C(=O)C4(c4ccccc4)C3c3ccc(CO)o3)C2C(=O)N1c1ccc(I)cc1. The number of aliphatic hydroxyl groups excluding tert-OH is 1. The van der Waals surface area contributed by atoms with Crippen molar-refractivity contribution in [3.63, 3.8) is 0 Å². The molecule has 1 saturated carbocycles. The van der Waals surface area contributed by atoms with Gasteiger partial charge < -0.3 is 9.52 Å². The number of hydrogen-bond donors (Lipinski definition) is 1. The average molecular weight is 759 g/mol. The summed E-state index contributed by atoms with van der Waals surface area (Å²) in [6.07, 6.45) is 2.48. The van der Waals surface area contributed by atoms with E-state index in [0.29, 0.717) is 39.9 Å². The zero-order valence-electron chi connectivity index (χ0n) is 24.9. The molecule has 4 aliphatic rings. The summed E-state index contributed by atoms with van der Waals surface area (Å²) in [7, 11) is 0. The number of allylic oxidation sites excluding steroid dienone is 2. The monoisotopic (exact) mass is 758 g/mol. The lowest BCUT2D eigenvalue weighted by atomic mass is 9.50. The molecule has 0 spiro atoms. The average Bonchev–Trinajstić information content (AvgIpc) is 3.72. The second-order valence-electron chi connectivity index (χ2n) is 12.5. The van der Waals surface area contributed by atoms with Crippen molar-refractivity contribution in [1.29, 1.82) is 0 Å². The fourth-order valence-corrected chi connectivity index (χ4v) is 9.08. The molecule has 236 valence electrons. The molecule has 3 heterocycles. The molecule has 47 heavy (non-hydrogen) atoms. The van der Waals surface area contributed by atoms with Gasteiger partial charge in [0.25, 0.3) is 0 Å². The highest BCUT2D eigenvalue weighted by molar-refractivity contribution is 14.1. The van der Waals surface area contributed by atoms with Gasteiger partial charge in [-0.05, 0) is 102 Å². The molecule has 1 aromatic heterocycles. The third-order valence-corrected chi connectivity index (χ3v) is 11.3. The van der Waals surface area contributed by atoms with Crippen molar-refractivity contribution in [3.8, 4) is 0 Å². The standard InChI is InChI=1S/C37H28ClIN2O6/c38-21-7-4-8-24(17-21)41-34(44)29-18-28-26(14-15-27-31(28)35(45)40(33(27)43)23-11-9-22(39)10-12-23)32(30-16-13-25(19-42)47-30)37(29,36(41)46)20-5-2-1-3-6-20/h1-14,16-17,27-29,31-32,42H,15,18-19H2. The van der Waals surface area contributed by atoms with Crippen LogP contribution in [0.1, 0.15) is 35.8 Å². The highest BCUT2D eigenvalue weighted by Crippen LogP contribution is 2.64. The van der Waals surface area contributed by atoms with Crippen LogP contribution < -0.4 is 9.80 Å². The lowest BCUT2D eigenvalue weighted by Gasteiger charge is -2.49. The fraction of sp³-hybridized carbons (Fsp3) is 0.243. The molecule has 2 saturated heterocycles. The topological polar surface area (TPSA) is 108 Å². The molecule has 3 aromatic carbocycles. The van der Waals surface area contributed by atoms with Crippen molar-refractivity contribution in [2.75, 3.05) is 9.80 Å². The molecule has 4 amide bonds. The van der Waals surface area contributed by atoms with Gasteiger partial charge in [-0.1, -0.05) is 59.6 Å². The first-order valence-electron chi connectivity index (χ1n) is 15.5. The summed E-state index contributed by atoms with van der Waals surface area (Å²) in [4.78, 5) is 60.6. The Hall–Kier alpha value is -4.06. The predicted molar refractivity (Wildman–Crippen MR) is 182 cm³/mol. The number of nitrogens with zero attached hydrogens (tertiary/aromatic N) is 2. The molecule has 10 heteroatoms. The van der Waals surface area contributed by atoms with Crippen molar-refractivity contribution >= 4 is 69.2 Å². The maximum atomic E-state index is 15.1. The molecule has 2 aliphatic heterocycles. The summed E-state index contributed by atoms with van der Waals surface area (Å²) >= 11 is 8.54. The zero-order valence-corrected chi connectivity index (χ0v) is 27.8. The van der Waals surface area contributed by atoms with Gasteiger partial charge in [0.2, 0.25) is 23.6 Å². The van der Waals surface area contributed by atoms with Crippen molar-refractivity contribution in [1.82, 2.24) is 0 Å².